The van der Waals surface area contributed by atoms with Crippen molar-refractivity contribution in [2.45, 2.75) is 38.1 Å². The van der Waals surface area contributed by atoms with E-state index in [9.17, 15) is 8.42 Å². The standard InChI is InChI=1S/C18H24ClN7O4S/c1-10(2)9-31(27,28)25-14-8-30-15-13(7-29-16(14)15)23-17-12(19)5-20-18(24-17)22-11-4-21-26(3)6-11/h4-6,9,13-16,25H,7-8H2,1-3H3,(H2,20,22,23,24)/t13-,14+,15?,16?/m1/s1. The van der Waals surface area contributed by atoms with Crippen molar-refractivity contribution in [2.75, 3.05) is 23.8 Å². The van der Waals surface area contributed by atoms with Crippen molar-refractivity contribution in [2.24, 2.45) is 7.05 Å². The Morgan fingerprint density at radius 2 is 1.94 bits per heavy atom. The molecule has 11 nitrogen and oxygen atoms in total. The number of aryl methyl sites for hydroxylation is 1. The van der Waals surface area contributed by atoms with Crippen LogP contribution in [-0.2, 0) is 26.5 Å². The van der Waals surface area contributed by atoms with Gasteiger partial charge in [-0.15, -0.1) is 0 Å². The highest BCUT2D eigenvalue weighted by Crippen LogP contribution is 2.31. The van der Waals surface area contributed by atoms with Gasteiger partial charge in [0.1, 0.15) is 17.2 Å². The molecule has 0 spiro atoms. The van der Waals surface area contributed by atoms with Gasteiger partial charge in [0.15, 0.2) is 5.82 Å². The van der Waals surface area contributed by atoms with E-state index in [4.69, 9.17) is 21.1 Å². The third-order valence-corrected chi connectivity index (χ3v) is 6.48. The Morgan fingerprint density at radius 3 is 2.61 bits per heavy atom. The first-order valence-electron chi connectivity index (χ1n) is 9.65. The van der Waals surface area contributed by atoms with Gasteiger partial charge in [0.2, 0.25) is 16.0 Å². The van der Waals surface area contributed by atoms with Crippen molar-refractivity contribution < 1.29 is 17.9 Å². The number of allylic oxidation sites excluding steroid dienone is 1. The Balaban J connectivity index is 1.43. The van der Waals surface area contributed by atoms with Gasteiger partial charge in [0, 0.05) is 18.7 Å². The molecule has 3 N–H and O–H groups in total. The number of nitrogens with zero attached hydrogens (tertiary/aromatic N) is 4. The lowest BCUT2D eigenvalue weighted by atomic mass is 10.1. The van der Waals surface area contributed by atoms with Gasteiger partial charge in [0.25, 0.3) is 0 Å². The Labute approximate surface area is 185 Å². The van der Waals surface area contributed by atoms with Gasteiger partial charge in [-0.25, -0.2) is 18.1 Å². The third-order valence-electron chi connectivity index (χ3n) is 4.79. The minimum Gasteiger partial charge on any atom is -0.371 e. The summed E-state index contributed by atoms with van der Waals surface area (Å²) in [5.74, 6) is 0.782. The smallest absolute Gasteiger partial charge is 0.234 e. The number of rotatable bonds is 7. The first-order chi connectivity index (χ1) is 14.7. The van der Waals surface area contributed by atoms with Crippen LogP contribution >= 0.6 is 11.6 Å². The zero-order chi connectivity index (χ0) is 22.2. The SMILES string of the molecule is CC(C)=CS(=O)(=O)N[C@H]1COC2C1OC[C@H]2Nc1nc(Nc2cnn(C)c2)ncc1Cl. The van der Waals surface area contributed by atoms with Crippen LogP contribution in [0, 0.1) is 0 Å². The van der Waals surface area contributed by atoms with E-state index < -0.39 is 22.2 Å². The molecule has 2 aliphatic rings. The molecule has 0 aromatic carbocycles. The molecule has 4 rings (SSSR count). The Morgan fingerprint density at radius 1 is 1.23 bits per heavy atom. The number of halogens is 1. The maximum Gasteiger partial charge on any atom is 0.234 e. The van der Waals surface area contributed by atoms with Crippen molar-refractivity contribution in [1.82, 2.24) is 24.5 Å². The van der Waals surface area contributed by atoms with Gasteiger partial charge in [-0.05, 0) is 13.8 Å². The lowest BCUT2D eigenvalue weighted by molar-refractivity contribution is 0.0690. The molecule has 0 amide bonds. The fraction of sp³-hybridized carbons (Fsp3) is 0.500. The fourth-order valence-corrected chi connectivity index (χ4v) is 5.06. The molecule has 2 unspecified atom stereocenters. The van der Waals surface area contributed by atoms with Crippen molar-refractivity contribution >= 4 is 39.1 Å². The lowest BCUT2D eigenvalue weighted by Gasteiger charge is -2.19. The summed E-state index contributed by atoms with van der Waals surface area (Å²) in [6.45, 7) is 3.99. The quantitative estimate of drug-likeness (QED) is 0.550. The van der Waals surface area contributed by atoms with Crippen molar-refractivity contribution in [3.05, 3.63) is 34.6 Å². The Hall–Kier alpha value is -2.25. The average molecular weight is 470 g/mol. The topological polar surface area (TPSA) is 132 Å². The summed E-state index contributed by atoms with van der Waals surface area (Å²) < 4.78 is 40.5. The zero-order valence-electron chi connectivity index (χ0n) is 17.2. The third kappa shape index (κ3) is 5.15. The van der Waals surface area contributed by atoms with E-state index in [1.807, 2.05) is 7.05 Å². The number of aromatic nitrogens is 4. The van der Waals surface area contributed by atoms with Gasteiger partial charge < -0.3 is 20.1 Å². The first-order valence-corrected chi connectivity index (χ1v) is 11.6. The predicted octanol–water partition coefficient (Wildman–Crippen LogP) is 1.40. The number of nitrogens with one attached hydrogen (secondary N) is 3. The molecule has 13 heteroatoms. The first kappa shape index (κ1) is 22.0. The van der Waals surface area contributed by atoms with Crippen molar-refractivity contribution in [3.8, 4) is 0 Å². The minimum atomic E-state index is -3.57. The summed E-state index contributed by atoms with van der Waals surface area (Å²) in [4.78, 5) is 8.62. The van der Waals surface area contributed by atoms with Crippen LogP contribution < -0.4 is 15.4 Å². The maximum atomic E-state index is 12.2. The second kappa shape index (κ2) is 8.71. The molecule has 2 aliphatic heterocycles. The van der Waals surface area contributed by atoms with Crippen LogP contribution in [0.4, 0.5) is 17.5 Å². The van der Waals surface area contributed by atoms with Gasteiger partial charge in [-0.3, -0.25) is 4.68 Å². The van der Waals surface area contributed by atoms with Gasteiger partial charge >= 0.3 is 0 Å². The van der Waals surface area contributed by atoms with E-state index in [0.717, 1.165) is 5.69 Å². The summed E-state index contributed by atoms with van der Waals surface area (Å²) >= 11 is 6.28. The number of anilines is 3. The van der Waals surface area contributed by atoms with Crippen LogP contribution in [-0.4, -0.2) is 65.7 Å². The zero-order valence-corrected chi connectivity index (χ0v) is 18.8. The lowest BCUT2D eigenvalue weighted by Crippen LogP contribution is -2.44. The minimum absolute atomic E-state index is 0.217. The number of sulfonamides is 1. The van der Waals surface area contributed by atoms with Crippen LogP contribution in [0.3, 0.4) is 0 Å². The highest BCUT2D eigenvalue weighted by atomic mass is 35.5. The van der Waals surface area contributed by atoms with E-state index in [1.54, 1.807) is 30.9 Å². The van der Waals surface area contributed by atoms with Gasteiger partial charge in [0.05, 0.1) is 43.4 Å². The normalized spacial score (nSPS) is 25.3. The molecule has 2 fully saturated rings. The molecule has 4 atom stereocenters. The summed E-state index contributed by atoms with van der Waals surface area (Å²) in [5.41, 5.74) is 1.43. The fourth-order valence-electron chi connectivity index (χ4n) is 3.60. The molecule has 168 valence electrons. The maximum absolute atomic E-state index is 12.2. The Kier molecular flexibility index (Phi) is 6.17. The summed E-state index contributed by atoms with van der Waals surface area (Å²) in [7, 11) is -1.76. The molecule has 0 saturated carbocycles. The van der Waals surface area contributed by atoms with Crippen LogP contribution in [0.2, 0.25) is 5.02 Å². The molecule has 0 bridgehead atoms. The van der Waals surface area contributed by atoms with Crippen LogP contribution in [0.25, 0.3) is 0 Å². The van der Waals surface area contributed by atoms with Gasteiger partial charge in [-0.1, -0.05) is 17.2 Å². The highest BCUT2D eigenvalue weighted by molar-refractivity contribution is 7.92. The largest absolute Gasteiger partial charge is 0.371 e. The van der Waals surface area contributed by atoms with Crippen LogP contribution in [0.1, 0.15) is 13.8 Å². The number of ether oxygens (including phenoxy) is 2. The van der Waals surface area contributed by atoms with E-state index in [-0.39, 0.29) is 18.8 Å². The number of hydrogen-bond acceptors (Lipinski definition) is 9. The average Bonchev–Trinajstić information content (AvgIpc) is 3.36. The van der Waals surface area contributed by atoms with Crippen LogP contribution in [0.5, 0.6) is 0 Å². The summed E-state index contributed by atoms with van der Waals surface area (Å²) in [6, 6.07) is -0.720. The summed E-state index contributed by atoms with van der Waals surface area (Å²) in [5, 5.41) is 11.9. The monoisotopic (exact) mass is 469 g/mol. The van der Waals surface area contributed by atoms with E-state index >= 15 is 0 Å². The molecule has 2 aromatic heterocycles. The predicted molar refractivity (Wildman–Crippen MR) is 116 cm³/mol. The molecule has 2 saturated heterocycles. The van der Waals surface area contributed by atoms with Crippen LogP contribution in [0.15, 0.2) is 29.6 Å². The van der Waals surface area contributed by atoms with Gasteiger partial charge in [-0.2, -0.15) is 10.1 Å². The molecule has 0 aliphatic carbocycles. The highest BCUT2D eigenvalue weighted by Gasteiger charge is 2.48. The Bertz CT molecular complexity index is 1090. The summed E-state index contributed by atoms with van der Waals surface area (Å²) in [6.07, 6.45) is 4.19. The second-order valence-electron chi connectivity index (χ2n) is 7.73. The van der Waals surface area contributed by atoms with E-state index in [2.05, 4.69) is 30.4 Å². The van der Waals surface area contributed by atoms with Crippen molar-refractivity contribution in [1.29, 1.82) is 0 Å². The molecular weight excluding hydrogens is 446 g/mol. The van der Waals surface area contributed by atoms with E-state index in [1.165, 1.54) is 11.6 Å². The second-order valence-corrected chi connectivity index (χ2v) is 9.70. The molecule has 0 radical (unpaired) electrons. The molecular formula is C18H24ClN7O4S. The molecule has 4 heterocycles. The molecule has 31 heavy (non-hydrogen) atoms. The number of fused-ring (bicyclic) bond motifs is 1. The molecule has 2 aromatic rings. The van der Waals surface area contributed by atoms with E-state index in [0.29, 0.717) is 29.0 Å². The van der Waals surface area contributed by atoms with Crippen molar-refractivity contribution in [3.63, 3.8) is 0 Å². The number of hydrogen-bond donors (Lipinski definition) is 3.